The van der Waals surface area contributed by atoms with E-state index in [0.717, 1.165) is 11.8 Å². The van der Waals surface area contributed by atoms with Gasteiger partial charge >= 0.3 is 19.7 Å². The van der Waals surface area contributed by atoms with Gasteiger partial charge < -0.3 is 28.8 Å². The molecule has 1 saturated heterocycles. The molecule has 3 heterocycles. The first kappa shape index (κ1) is 34.0. The summed E-state index contributed by atoms with van der Waals surface area (Å²) in [4.78, 5) is 39.0. The summed E-state index contributed by atoms with van der Waals surface area (Å²) in [5, 5.41) is 15.9. The van der Waals surface area contributed by atoms with Crippen molar-refractivity contribution in [3.8, 4) is 17.1 Å². The zero-order valence-corrected chi connectivity index (χ0v) is 26.9. The number of aliphatic hydroxyl groups excluding tert-OH is 1. The minimum atomic E-state index is -4.55. The minimum Gasteiger partial charge on any atom is -0.462 e. The van der Waals surface area contributed by atoms with Gasteiger partial charge in [-0.1, -0.05) is 36.9 Å². The van der Waals surface area contributed by atoms with Crippen molar-refractivity contribution in [1.82, 2.24) is 15.3 Å². The molecule has 2 amide bonds. The molecule has 0 saturated carbocycles. The smallest absolute Gasteiger partial charge is 0.459 e. The highest BCUT2D eigenvalue weighted by Crippen LogP contribution is 2.47. The molecule has 2 aromatic carbocycles. The number of fused-ring (bicyclic) bond motifs is 1. The van der Waals surface area contributed by atoms with Crippen molar-refractivity contribution in [2.75, 3.05) is 6.61 Å². The Morgan fingerprint density at radius 1 is 1.19 bits per heavy atom. The molecule has 1 unspecified atom stereocenters. The number of ether oxygens (including phenoxy) is 2. The van der Waals surface area contributed by atoms with E-state index in [-0.39, 0.29) is 22.4 Å². The Bertz CT molecular complexity index is 1810. The summed E-state index contributed by atoms with van der Waals surface area (Å²) in [5.74, 6) is -0.507. The summed E-state index contributed by atoms with van der Waals surface area (Å²) in [6, 6.07) is 12.5. The van der Waals surface area contributed by atoms with E-state index in [1.165, 1.54) is 43.5 Å². The first-order valence-electron chi connectivity index (χ1n) is 14.7. The van der Waals surface area contributed by atoms with Crippen LogP contribution in [-0.2, 0) is 23.4 Å². The normalized spacial score (nSPS) is 24.7. The van der Waals surface area contributed by atoms with Gasteiger partial charge in [-0.3, -0.25) is 19.0 Å². The van der Waals surface area contributed by atoms with Crippen LogP contribution in [0.3, 0.4) is 0 Å². The average Bonchev–Trinajstić information content (AvgIpc) is 3.23. The van der Waals surface area contributed by atoms with E-state index in [0.29, 0.717) is 11.3 Å². The first-order valence-corrected chi connectivity index (χ1v) is 16.3. The maximum Gasteiger partial charge on any atom is 0.459 e. The van der Waals surface area contributed by atoms with Gasteiger partial charge in [-0.25, -0.2) is 13.8 Å². The Balaban J connectivity index is 1.39. The van der Waals surface area contributed by atoms with Crippen molar-refractivity contribution in [2.24, 2.45) is 0 Å². The van der Waals surface area contributed by atoms with E-state index in [1.807, 2.05) is 18.2 Å². The number of carbonyl (C=O) groups excluding carboxylic acids is 2. The summed E-state index contributed by atoms with van der Waals surface area (Å²) >= 11 is 0. The van der Waals surface area contributed by atoms with Gasteiger partial charge in [-0.05, 0) is 52.0 Å². The van der Waals surface area contributed by atoms with Crippen LogP contribution in [0.25, 0.3) is 22.3 Å². The van der Waals surface area contributed by atoms with Crippen LogP contribution >= 0.6 is 7.75 Å². The molecule has 0 aliphatic carbocycles. The van der Waals surface area contributed by atoms with Gasteiger partial charge in [-0.2, -0.15) is 5.09 Å². The maximum absolute atomic E-state index is 15.8. The van der Waals surface area contributed by atoms with Gasteiger partial charge in [0, 0.05) is 23.5 Å². The largest absolute Gasteiger partial charge is 0.462 e. The van der Waals surface area contributed by atoms with E-state index in [2.05, 4.69) is 17.0 Å². The van der Waals surface area contributed by atoms with Gasteiger partial charge in [0.05, 0.1) is 18.1 Å². The number of urea groups is 1. The van der Waals surface area contributed by atoms with Crippen LogP contribution < -0.4 is 20.4 Å². The number of nitrogens with zero attached hydrogens (tertiary/aromatic N) is 1. The standard InChI is InChI=1S/C32H35FN3O10P/c1-18(2)43-29(39)20(4)35-47(41,42-17-27-28(38)32(5,33)30(45-27)36-14-13-19(3)34-31(36)40)46-22-11-12-25-23(15-22)24(37)16-26(44-25)21-9-7-6-8-10-21/h6-16,18,20,27-28,30,38H,3,17H2,1-2,4-5H3,(H,34,40)(H,35,41)/t20-,27+,28+,30+,32+,47?/m0/s1. The molecule has 5 rings (SSSR count). The number of benzene rings is 2. The van der Waals surface area contributed by atoms with E-state index in [4.69, 9.17) is 22.9 Å². The first-order chi connectivity index (χ1) is 22.2. The second-order valence-electron chi connectivity index (χ2n) is 11.5. The molecule has 0 spiro atoms. The Kier molecular flexibility index (Phi) is 9.71. The molecule has 15 heteroatoms. The number of halogens is 1. The molecule has 13 nitrogen and oxygen atoms in total. The molecule has 1 aromatic heterocycles. The molecule has 0 bridgehead atoms. The highest BCUT2D eigenvalue weighted by molar-refractivity contribution is 7.52. The quantitative estimate of drug-likeness (QED) is 0.190. The summed E-state index contributed by atoms with van der Waals surface area (Å²) in [7, 11) is -4.55. The fraction of sp³-hybridized carbons (Fsp3) is 0.344. The molecule has 0 radical (unpaired) electrons. The maximum atomic E-state index is 15.8. The van der Waals surface area contributed by atoms with Crippen molar-refractivity contribution in [2.45, 2.75) is 63.9 Å². The van der Waals surface area contributed by atoms with Gasteiger partial charge in [0.15, 0.2) is 17.3 Å². The Hall–Kier alpha value is -4.33. The molecule has 3 aromatic rings. The van der Waals surface area contributed by atoms with Gasteiger partial charge in [0.1, 0.15) is 35.3 Å². The van der Waals surface area contributed by atoms with E-state index in [9.17, 15) is 24.1 Å². The van der Waals surface area contributed by atoms with Crippen molar-refractivity contribution in [3.63, 3.8) is 0 Å². The highest BCUT2D eigenvalue weighted by atomic mass is 31.2. The molecule has 3 N–H and O–H groups in total. The monoisotopic (exact) mass is 671 g/mol. The molecular formula is C32H35FN3O10P. The van der Waals surface area contributed by atoms with Gasteiger partial charge in [0.2, 0.25) is 0 Å². The summed E-state index contributed by atoms with van der Waals surface area (Å²) < 4.78 is 58.1. The van der Waals surface area contributed by atoms with Gasteiger partial charge in [-0.15, -0.1) is 0 Å². The summed E-state index contributed by atoms with van der Waals surface area (Å²) in [5.41, 5.74) is -1.67. The molecule has 6 atom stereocenters. The van der Waals surface area contributed by atoms with Crippen LogP contribution in [0, 0.1) is 0 Å². The highest BCUT2D eigenvalue weighted by Gasteiger charge is 2.57. The third kappa shape index (κ3) is 7.47. The zero-order valence-electron chi connectivity index (χ0n) is 26.0. The molecule has 47 heavy (non-hydrogen) atoms. The summed E-state index contributed by atoms with van der Waals surface area (Å²) in [6.45, 7) is 8.61. The summed E-state index contributed by atoms with van der Waals surface area (Å²) in [6.07, 6.45) is -2.64. The number of hydrogen-bond donors (Lipinski definition) is 3. The lowest BCUT2D eigenvalue weighted by molar-refractivity contribution is -0.149. The number of allylic oxidation sites excluding steroid dienone is 1. The van der Waals surface area contributed by atoms with Crippen molar-refractivity contribution < 1.29 is 46.6 Å². The van der Waals surface area contributed by atoms with Crippen LogP contribution in [0.1, 0.15) is 27.7 Å². The SMILES string of the molecule is C=C1C=CN([C@@H]2O[C@H](COP(=O)(N[C@@H](C)C(=O)OC(C)C)Oc3ccc4oc(-c5ccccc5)cc(=O)c4c3)[C@@H](O)[C@@]2(C)F)C(=O)N1. The second-order valence-corrected chi connectivity index (χ2v) is 13.2. The number of nitrogens with one attached hydrogen (secondary N) is 2. The lowest BCUT2D eigenvalue weighted by Crippen LogP contribution is -2.53. The minimum absolute atomic E-state index is 0.0889. The Labute approximate surface area is 269 Å². The Morgan fingerprint density at radius 3 is 2.60 bits per heavy atom. The van der Waals surface area contributed by atoms with Crippen molar-refractivity contribution in [3.05, 3.63) is 89.4 Å². The number of hydrogen-bond acceptors (Lipinski definition) is 10. The fourth-order valence-electron chi connectivity index (χ4n) is 4.98. The van der Waals surface area contributed by atoms with Gasteiger partial charge in [0.25, 0.3) is 0 Å². The lowest BCUT2D eigenvalue weighted by atomic mass is 9.98. The number of amides is 2. The van der Waals surface area contributed by atoms with E-state index < -0.39 is 68.0 Å². The number of aliphatic hydroxyl groups is 1. The van der Waals surface area contributed by atoms with Crippen LogP contribution in [0.4, 0.5) is 9.18 Å². The molecule has 1 fully saturated rings. The number of alkyl halides is 1. The topological polar surface area (TPSA) is 166 Å². The van der Waals surface area contributed by atoms with Crippen molar-refractivity contribution >= 4 is 30.7 Å². The molecule has 2 aliphatic rings. The Morgan fingerprint density at radius 2 is 1.91 bits per heavy atom. The average molecular weight is 672 g/mol. The van der Waals surface area contributed by atoms with Crippen LogP contribution in [0.15, 0.2) is 88.4 Å². The predicted molar refractivity (Wildman–Crippen MR) is 169 cm³/mol. The van der Waals surface area contributed by atoms with E-state index >= 15 is 4.39 Å². The number of carbonyl (C=O) groups is 2. The molecular weight excluding hydrogens is 636 g/mol. The molecule has 250 valence electrons. The fourth-order valence-corrected chi connectivity index (χ4v) is 6.47. The number of esters is 1. The zero-order chi connectivity index (χ0) is 34.1. The number of rotatable bonds is 11. The van der Waals surface area contributed by atoms with E-state index in [1.54, 1.807) is 26.0 Å². The third-order valence-electron chi connectivity index (χ3n) is 7.36. The van der Waals surface area contributed by atoms with Crippen LogP contribution in [0.2, 0.25) is 0 Å². The third-order valence-corrected chi connectivity index (χ3v) is 9.00. The van der Waals surface area contributed by atoms with Crippen LogP contribution in [0.5, 0.6) is 5.75 Å². The van der Waals surface area contributed by atoms with Crippen LogP contribution in [-0.4, -0.2) is 64.9 Å². The second kappa shape index (κ2) is 13.4. The molecule has 2 aliphatic heterocycles. The lowest BCUT2D eigenvalue weighted by Gasteiger charge is -2.33. The van der Waals surface area contributed by atoms with Crippen molar-refractivity contribution in [1.29, 1.82) is 0 Å². The predicted octanol–water partition coefficient (Wildman–Crippen LogP) is 4.76.